The van der Waals surface area contributed by atoms with Gasteiger partial charge in [-0.05, 0) is 12.2 Å². The molecule has 1 aromatic heterocycles. The van der Waals surface area contributed by atoms with Gasteiger partial charge in [0.2, 0.25) is 0 Å². The van der Waals surface area contributed by atoms with E-state index in [2.05, 4.69) is 28.6 Å². The van der Waals surface area contributed by atoms with Gasteiger partial charge in [-0.1, -0.05) is 25.6 Å². The summed E-state index contributed by atoms with van der Waals surface area (Å²) in [7, 11) is 0. The van der Waals surface area contributed by atoms with Gasteiger partial charge in [-0.2, -0.15) is 11.8 Å². The van der Waals surface area contributed by atoms with Crippen LogP contribution in [0.3, 0.4) is 0 Å². The summed E-state index contributed by atoms with van der Waals surface area (Å²) in [5, 5.41) is 17.9. The van der Waals surface area contributed by atoms with Crippen molar-refractivity contribution in [2.24, 2.45) is 0 Å². The van der Waals surface area contributed by atoms with Crippen LogP contribution in [0.2, 0.25) is 0 Å². The molecule has 0 radical (unpaired) electrons. The molecule has 0 spiro atoms. The Morgan fingerprint density at radius 2 is 2.39 bits per heavy atom. The molecule has 2 heterocycles. The first kappa shape index (κ1) is 13.7. The predicted octanol–water partition coefficient (Wildman–Crippen LogP) is 2.26. The van der Waals surface area contributed by atoms with E-state index in [4.69, 9.17) is 5.11 Å². The fourth-order valence-electron chi connectivity index (χ4n) is 1.98. The lowest BCUT2D eigenvalue weighted by Crippen LogP contribution is -2.14. The maximum absolute atomic E-state index is 10.7. The number of hydrogen-bond acceptors (Lipinski definition) is 5. The smallest absolute Gasteiger partial charge is 0.313 e. The SMILES string of the molecule is CC(C)c1nnc(SCC(=O)O)n1C1CCSC1. The van der Waals surface area contributed by atoms with Crippen molar-refractivity contribution in [1.29, 1.82) is 0 Å². The summed E-state index contributed by atoms with van der Waals surface area (Å²) in [5.74, 6) is 2.72. The second-order valence-electron chi connectivity index (χ2n) is 4.57. The highest BCUT2D eigenvalue weighted by Gasteiger charge is 2.25. The van der Waals surface area contributed by atoms with E-state index in [0.717, 1.165) is 28.9 Å². The summed E-state index contributed by atoms with van der Waals surface area (Å²) < 4.78 is 2.15. The Morgan fingerprint density at radius 1 is 1.61 bits per heavy atom. The van der Waals surface area contributed by atoms with E-state index < -0.39 is 5.97 Å². The van der Waals surface area contributed by atoms with Crippen LogP contribution in [0.15, 0.2) is 5.16 Å². The molecule has 7 heteroatoms. The maximum Gasteiger partial charge on any atom is 0.313 e. The van der Waals surface area contributed by atoms with Gasteiger partial charge < -0.3 is 9.67 Å². The molecule has 1 saturated heterocycles. The highest BCUT2D eigenvalue weighted by molar-refractivity contribution is 8.00. The Hall–Kier alpha value is -0.690. The van der Waals surface area contributed by atoms with Crippen molar-refractivity contribution in [3.63, 3.8) is 0 Å². The van der Waals surface area contributed by atoms with Crippen LogP contribution in [0.5, 0.6) is 0 Å². The molecule has 5 nitrogen and oxygen atoms in total. The molecule has 1 N–H and O–H groups in total. The molecule has 0 amide bonds. The van der Waals surface area contributed by atoms with Crippen molar-refractivity contribution in [3.05, 3.63) is 5.82 Å². The highest BCUT2D eigenvalue weighted by atomic mass is 32.2. The van der Waals surface area contributed by atoms with E-state index in [-0.39, 0.29) is 5.75 Å². The zero-order chi connectivity index (χ0) is 13.1. The van der Waals surface area contributed by atoms with Gasteiger partial charge in [0.15, 0.2) is 5.16 Å². The van der Waals surface area contributed by atoms with E-state index in [1.54, 1.807) is 0 Å². The van der Waals surface area contributed by atoms with Crippen LogP contribution in [0.4, 0.5) is 0 Å². The Morgan fingerprint density at radius 3 is 2.94 bits per heavy atom. The fraction of sp³-hybridized carbons (Fsp3) is 0.727. The monoisotopic (exact) mass is 287 g/mol. The topological polar surface area (TPSA) is 68.0 Å². The summed E-state index contributed by atoms with van der Waals surface area (Å²) >= 11 is 3.19. The van der Waals surface area contributed by atoms with E-state index in [0.29, 0.717) is 12.0 Å². The van der Waals surface area contributed by atoms with Crippen LogP contribution >= 0.6 is 23.5 Å². The molecular formula is C11H17N3O2S2. The van der Waals surface area contributed by atoms with Gasteiger partial charge in [-0.3, -0.25) is 4.79 Å². The quantitative estimate of drug-likeness (QED) is 0.838. The summed E-state index contributed by atoms with van der Waals surface area (Å²) in [6.45, 7) is 4.18. The van der Waals surface area contributed by atoms with E-state index in [1.165, 1.54) is 11.8 Å². The zero-order valence-corrected chi connectivity index (χ0v) is 12.1. The molecule has 1 atom stereocenters. The predicted molar refractivity (Wildman–Crippen MR) is 73.4 cm³/mol. The second-order valence-corrected chi connectivity index (χ2v) is 6.66. The zero-order valence-electron chi connectivity index (χ0n) is 10.5. The number of hydrogen-bond donors (Lipinski definition) is 1. The molecule has 1 aliphatic heterocycles. The molecule has 0 aromatic carbocycles. The molecule has 1 aliphatic rings. The van der Waals surface area contributed by atoms with Gasteiger partial charge in [-0.15, -0.1) is 10.2 Å². The van der Waals surface area contributed by atoms with Crippen LogP contribution in [0.25, 0.3) is 0 Å². The Labute approximate surface area is 115 Å². The summed E-state index contributed by atoms with van der Waals surface area (Å²) in [6, 6.07) is 0.415. The minimum atomic E-state index is -0.818. The first-order valence-electron chi connectivity index (χ1n) is 5.96. The normalized spacial score (nSPS) is 19.6. The number of carboxylic acids is 1. The molecule has 0 aliphatic carbocycles. The highest BCUT2D eigenvalue weighted by Crippen LogP contribution is 2.33. The van der Waals surface area contributed by atoms with Crippen LogP contribution < -0.4 is 0 Å². The van der Waals surface area contributed by atoms with E-state index >= 15 is 0 Å². The Kier molecular flexibility index (Phi) is 4.55. The molecule has 1 aromatic rings. The van der Waals surface area contributed by atoms with Crippen molar-refractivity contribution < 1.29 is 9.90 Å². The summed E-state index contributed by atoms with van der Waals surface area (Å²) in [5.41, 5.74) is 0. The standard InChI is InChI=1S/C11H17N3O2S2/c1-7(2)10-12-13-11(18-6-9(15)16)14(10)8-3-4-17-5-8/h7-8H,3-6H2,1-2H3,(H,15,16). The third kappa shape index (κ3) is 3.00. The summed E-state index contributed by atoms with van der Waals surface area (Å²) in [4.78, 5) is 10.7. The Bertz CT molecular complexity index is 428. The van der Waals surface area contributed by atoms with Gasteiger partial charge in [0.05, 0.1) is 5.75 Å². The largest absolute Gasteiger partial charge is 0.481 e. The lowest BCUT2D eigenvalue weighted by molar-refractivity contribution is -0.133. The van der Waals surface area contributed by atoms with Gasteiger partial charge in [0, 0.05) is 17.7 Å². The van der Waals surface area contributed by atoms with Gasteiger partial charge in [0.25, 0.3) is 0 Å². The lowest BCUT2D eigenvalue weighted by Gasteiger charge is -2.17. The first-order valence-corrected chi connectivity index (χ1v) is 8.10. The molecular weight excluding hydrogens is 270 g/mol. The molecule has 1 unspecified atom stereocenters. The molecule has 2 rings (SSSR count). The molecule has 0 bridgehead atoms. The van der Waals surface area contributed by atoms with Crippen LogP contribution in [0.1, 0.15) is 38.1 Å². The van der Waals surface area contributed by atoms with E-state index in [1.807, 2.05) is 11.8 Å². The first-order chi connectivity index (χ1) is 8.59. The lowest BCUT2D eigenvalue weighted by atomic mass is 10.2. The average molecular weight is 287 g/mol. The molecule has 100 valence electrons. The minimum absolute atomic E-state index is 0.0378. The van der Waals surface area contributed by atoms with Gasteiger partial charge in [-0.25, -0.2) is 0 Å². The fourth-order valence-corrected chi connectivity index (χ4v) is 3.90. The number of carbonyl (C=O) groups is 1. The molecule has 0 saturated carbocycles. The summed E-state index contributed by atoms with van der Waals surface area (Å²) in [6.07, 6.45) is 1.11. The van der Waals surface area contributed by atoms with Crippen molar-refractivity contribution in [3.8, 4) is 0 Å². The second kappa shape index (κ2) is 5.97. The van der Waals surface area contributed by atoms with Crippen LogP contribution in [0, 0.1) is 0 Å². The van der Waals surface area contributed by atoms with Crippen molar-refractivity contribution in [1.82, 2.24) is 14.8 Å². The van der Waals surface area contributed by atoms with Gasteiger partial charge >= 0.3 is 5.97 Å². The van der Waals surface area contributed by atoms with Gasteiger partial charge in [0.1, 0.15) is 5.82 Å². The third-order valence-corrected chi connectivity index (χ3v) is 4.88. The van der Waals surface area contributed by atoms with Crippen molar-refractivity contribution in [2.75, 3.05) is 17.3 Å². The van der Waals surface area contributed by atoms with Crippen LogP contribution in [-0.4, -0.2) is 43.1 Å². The van der Waals surface area contributed by atoms with Crippen molar-refractivity contribution >= 4 is 29.5 Å². The van der Waals surface area contributed by atoms with Crippen molar-refractivity contribution in [2.45, 2.75) is 37.4 Å². The molecule has 18 heavy (non-hydrogen) atoms. The Balaban J connectivity index is 2.25. The number of thioether (sulfide) groups is 2. The number of rotatable bonds is 5. The third-order valence-electron chi connectivity index (χ3n) is 2.80. The van der Waals surface area contributed by atoms with E-state index in [9.17, 15) is 4.79 Å². The molecule has 1 fully saturated rings. The minimum Gasteiger partial charge on any atom is -0.481 e. The average Bonchev–Trinajstić information content (AvgIpc) is 2.94. The maximum atomic E-state index is 10.7. The number of aliphatic carboxylic acids is 1. The number of aromatic nitrogens is 3. The van der Waals surface area contributed by atoms with Crippen LogP contribution in [-0.2, 0) is 4.79 Å². The number of nitrogens with zero attached hydrogens (tertiary/aromatic N) is 3. The number of carboxylic acid groups (broad SMARTS) is 1.